The van der Waals surface area contributed by atoms with E-state index in [1.165, 1.54) is 25.3 Å². The van der Waals surface area contributed by atoms with Crippen LogP contribution in [-0.2, 0) is 22.6 Å². The Balaban J connectivity index is 2.09. The van der Waals surface area contributed by atoms with Crippen LogP contribution in [0.1, 0.15) is 37.8 Å². The summed E-state index contributed by atoms with van der Waals surface area (Å²) in [6.45, 7) is 5.56. The molecule has 1 unspecified atom stereocenters. The topological polar surface area (TPSA) is 52.7 Å². The van der Waals surface area contributed by atoms with Gasteiger partial charge in [0, 0.05) is 37.2 Å². The summed E-state index contributed by atoms with van der Waals surface area (Å²) in [6, 6.07) is 18.0. The van der Waals surface area contributed by atoms with Crippen molar-refractivity contribution in [3.05, 3.63) is 65.7 Å². The van der Waals surface area contributed by atoms with Crippen LogP contribution >= 0.6 is 11.8 Å². The molecule has 0 aliphatic rings. The highest BCUT2D eigenvalue weighted by Crippen LogP contribution is 2.21. The third kappa shape index (κ3) is 9.45. The molecule has 32 heavy (non-hydrogen) atoms. The number of amides is 2. The van der Waals surface area contributed by atoms with E-state index in [-0.39, 0.29) is 11.8 Å². The van der Waals surface area contributed by atoms with Gasteiger partial charge in [-0.1, -0.05) is 55.8 Å². The average molecular weight is 456 g/mol. The molecule has 0 fully saturated rings. The average Bonchev–Trinajstić information content (AvgIpc) is 2.78. The molecule has 0 heterocycles. The molecular formula is C26H37N3O2S. The highest BCUT2D eigenvalue weighted by Gasteiger charge is 2.25. The van der Waals surface area contributed by atoms with Crippen LogP contribution in [0.15, 0.2) is 59.5 Å². The van der Waals surface area contributed by atoms with E-state index in [1.54, 1.807) is 11.8 Å². The van der Waals surface area contributed by atoms with Crippen molar-refractivity contribution < 1.29 is 9.59 Å². The fourth-order valence-electron chi connectivity index (χ4n) is 3.34. The summed E-state index contributed by atoms with van der Waals surface area (Å²) in [7, 11) is 3.99. The lowest BCUT2D eigenvalue weighted by Gasteiger charge is -2.29. The van der Waals surface area contributed by atoms with Crippen LogP contribution in [0.25, 0.3) is 0 Å². The van der Waals surface area contributed by atoms with Crippen LogP contribution in [0, 0.1) is 0 Å². The zero-order valence-corrected chi connectivity index (χ0v) is 20.7. The first-order valence-corrected chi connectivity index (χ1v) is 12.3. The molecule has 0 saturated heterocycles. The highest BCUT2D eigenvalue weighted by molar-refractivity contribution is 7.99. The van der Waals surface area contributed by atoms with E-state index in [2.05, 4.69) is 41.4 Å². The van der Waals surface area contributed by atoms with Crippen molar-refractivity contribution in [2.75, 3.05) is 32.9 Å². The first-order valence-electron chi connectivity index (χ1n) is 11.3. The smallest absolute Gasteiger partial charge is 0.246 e. The van der Waals surface area contributed by atoms with Gasteiger partial charge in [0.25, 0.3) is 0 Å². The van der Waals surface area contributed by atoms with E-state index in [1.807, 2.05) is 49.3 Å². The molecule has 0 radical (unpaired) electrons. The Kier molecular flexibility index (Phi) is 11.3. The predicted molar refractivity (Wildman–Crippen MR) is 134 cm³/mol. The first kappa shape index (κ1) is 25.9. The molecule has 0 aliphatic carbocycles. The Hall–Kier alpha value is -2.31. The Morgan fingerprint density at radius 2 is 1.66 bits per heavy atom. The lowest BCUT2D eigenvalue weighted by Crippen LogP contribution is -2.50. The molecule has 2 amide bonds. The van der Waals surface area contributed by atoms with Gasteiger partial charge in [-0.3, -0.25) is 9.59 Å². The Morgan fingerprint density at radius 3 is 2.25 bits per heavy atom. The largest absolute Gasteiger partial charge is 0.344 e. The number of unbranched alkanes of at least 4 members (excludes halogenated alkanes) is 1. The molecular weight excluding hydrogens is 418 g/mol. The lowest BCUT2D eigenvalue weighted by atomic mass is 10.1. The number of hydrogen-bond acceptors (Lipinski definition) is 4. The summed E-state index contributed by atoms with van der Waals surface area (Å²) in [5.41, 5.74) is 2.42. The van der Waals surface area contributed by atoms with Crippen molar-refractivity contribution >= 4 is 23.6 Å². The number of aryl methyl sites for hydroxylation is 1. The second-order valence-electron chi connectivity index (χ2n) is 8.36. The van der Waals surface area contributed by atoms with Crippen LogP contribution in [0.2, 0.25) is 0 Å². The van der Waals surface area contributed by atoms with Crippen LogP contribution in [0.5, 0.6) is 0 Å². The van der Waals surface area contributed by atoms with Gasteiger partial charge >= 0.3 is 0 Å². The van der Waals surface area contributed by atoms with E-state index in [0.29, 0.717) is 18.8 Å². The van der Waals surface area contributed by atoms with Crippen molar-refractivity contribution in [3.8, 4) is 0 Å². The van der Waals surface area contributed by atoms with E-state index >= 15 is 0 Å². The van der Waals surface area contributed by atoms with Crippen molar-refractivity contribution in [1.29, 1.82) is 0 Å². The summed E-state index contributed by atoms with van der Waals surface area (Å²) >= 11 is 1.61. The summed E-state index contributed by atoms with van der Waals surface area (Å²) in [6.07, 6.45) is 3.47. The first-order chi connectivity index (χ1) is 15.4. The number of carbonyl (C=O) groups is 2. The number of nitrogens with zero attached hydrogens (tertiary/aromatic N) is 2. The summed E-state index contributed by atoms with van der Waals surface area (Å²) < 4.78 is 0. The fourth-order valence-corrected chi connectivity index (χ4v) is 4.26. The molecule has 2 aromatic rings. The van der Waals surface area contributed by atoms with E-state index in [4.69, 9.17) is 0 Å². The third-order valence-electron chi connectivity index (χ3n) is 5.18. The second kappa shape index (κ2) is 14.0. The molecule has 0 aromatic heterocycles. The second-order valence-corrected chi connectivity index (χ2v) is 9.45. The molecule has 174 valence electrons. The monoisotopic (exact) mass is 455 g/mol. The van der Waals surface area contributed by atoms with Crippen molar-refractivity contribution in [1.82, 2.24) is 15.1 Å². The molecule has 1 N–H and O–H groups in total. The molecule has 2 rings (SSSR count). The standard InChI is InChI=1S/C26H37N3O2S/c1-5-6-10-22-13-15-24(16-14-22)32-20-25(27-21(2)30)26(31)29(18-17-28(3)4)19-23-11-8-7-9-12-23/h7-9,11-16,25H,5-6,10,17-20H2,1-4H3,(H,27,30). The van der Waals surface area contributed by atoms with Gasteiger partial charge in [0.1, 0.15) is 6.04 Å². The van der Waals surface area contributed by atoms with E-state index in [9.17, 15) is 9.59 Å². The SMILES string of the molecule is CCCCc1ccc(SCC(NC(C)=O)C(=O)N(CCN(C)C)Cc2ccccc2)cc1. The minimum atomic E-state index is -0.567. The summed E-state index contributed by atoms with van der Waals surface area (Å²) in [4.78, 5) is 30.4. The Labute approximate surface area is 197 Å². The quantitative estimate of drug-likeness (QED) is 0.460. The predicted octanol–water partition coefficient (Wildman–Crippen LogP) is 4.22. The summed E-state index contributed by atoms with van der Waals surface area (Å²) in [5, 5.41) is 2.88. The number of nitrogens with one attached hydrogen (secondary N) is 1. The molecule has 0 spiro atoms. The van der Waals surface area contributed by atoms with Crippen LogP contribution in [0.3, 0.4) is 0 Å². The number of likely N-dealkylation sites (N-methyl/N-ethyl adjacent to an activating group) is 1. The minimum absolute atomic E-state index is 0.0435. The van der Waals surface area contributed by atoms with Crippen LogP contribution in [-0.4, -0.2) is 60.6 Å². The van der Waals surface area contributed by atoms with Gasteiger partial charge in [-0.05, 0) is 50.2 Å². The number of hydrogen-bond donors (Lipinski definition) is 1. The molecule has 0 aliphatic heterocycles. The van der Waals surface area contributed by atoms with Gasteiger partial charge in [-0.25, -0.2) is 0 Å². The van der Waals surface area contributed by atoms with Crippen molar-refractivity contribution in [2.45, 2.75) is 50.6 Å². The van der Waals surface area contributed by atoms with Gasteiger partial charge in [-0.2, -0.15) is 0 Å². The zero-order chi connectivity index (χ0) is 23.3. The molecule has 0 saturated carbocycles. The molecule has 0 bridgehead atoms. The van der Waals surface area contributed by atoms with Crippen molar-refractivity contribution in [2.24, 2.45) is 0 Å². The number of rotatable bonds is 13. The Bertz CT molecular complexity index is 825. The van der Waals surface area contributed by atoms with Gasteiger partial charge in [0.2, 0.25) is 11.8 Å². The number of thioether (sulfide) groups is 1. The van der Waals surface area contributed by atoms with Crippen molar-refractivity contribution in [3.63, 3.8) is 0 Å². The maximum atomic E-state index is 13.5. The minimum Gasteiger partial charge on any atom is -0.344 e. The summed E-state index contributed by atoms with van der Waals surface area (Å²) in [5.74, 6) is 0.268. The van der Waals surface area contributed by atoms with Crippen LogP contribution in [0.4, 0.5) is 0 Å². The van der Waals surface area contributed by atoms with Gasteiger partial charge in [-0.15, -0.1) is 11.8 Å². The molecule has 2 aromatic carbocycles. The van der Waals surface area contributed by atoms with Crippen LogP contribution < -0.4 is 5.32 Å². The maximum Gasteiger partial charge on any atom is 0.246 e. The van der Waals surface area contributed by atoms with E-state index in [0.717, 1.165) is 23.4 Å². The maximum absolute atomic E-state index is 13.5. The molecule has 6 heteroatoms. The number of carbonyl (C=O) groups excluding carboxylic acids is 2. The normalized spacial score (nSPS) is 11.9. The number of benzene rings is 2. The lowest BCUT2D eigenvalue weighted by molar-refractivity contribution is -0.136. The zero-order valence-electron chi connectivity index (χ0n) is 19.8. The molecule has 1 atom stereocenters. The van der Waals surface area contributed by atoms with Gasteiger partial charge in [0.15, 0.2) is 0 Å². The Morgan fingerprint density at radius 1 is 0.969 bits per heavy atom. The highest BCUT2D eigenvalue weighted by atomic mass is 32.2. The van der Waals surface area contributed by atoms with Gasteiger partial charge in [0.05, 0.1) is 0 Å². The van der Waals surface area contributed by atoms with Gasteiger partial charge < -0.3 is 15.1 Å². The third-order valence-corrected chi connectivity index (χ3v) is 6.29. The fraction of sp³-hybridized carbons (Fsp3) is 0.462. The van der Waals surface area contributed by atoms with E-state index < -0.39 is 6.04 Å². The molecule has 5 nitrogen and oxygen atoms in total.